The van der Waals surface area contributed by atoms with Crippen molar-refractivity contribution in [2.75, 3.05) is 5.32 Å². The van der Waals surface area contributed by atoms with E-state index >= 15 is 0 Å². The fourth-order valence-corrected chi connectivity index (χ4v) is 5.41. The monoisotopic (exact) mass is 403 g/mol. The minimum Gasteiger partial charge on any atom is -0.378 e. The number of thioether (sulfide) groups is 1. The van der Waals surface area contributed by atoms with Crippen LogP contribution in [0.1, 0.15) is 35.1 Å². The van der Waals surface area contributed by atoms with Crippen molar-refractivity contribution in [1.82, 2.24) is 0 Å². The van der Waals surface area contributed by atoms with Gasteiger partial charge >= 0.3 is 0 Å². The van der Waals surface area contributed by atoms with E-state index < -0.39 is 0 Å². The van der Waals surface area contributed by atoms with Gasteiger partial charge in [0, 0.05) is 27.3 Å². The van der Waals surface area contributed by atoms with Crippen molar-refractivity contribution in [2.24, 2.45) is 5.92 Å². The van der Waals surface area contributed by atoms with Crippen LogP contribution in [0, 0.1) is 5.92 Å². The van der Waals surface area contributed by atoms with Crippen LogP contribution >= 0.6 is 23.4 Å². The smallest absolute Gasteiger partial charge is 0.0553 e. The van der Waals surface area contributed by atoms with Gasteiger partial charge in [-0.15, -0.1) is 11.8 Å². The van der Waals surface area contributed by atoms with Crippen LogP contribution in [0.25, 0.3) is 0 Å². The average Bonchev–Trinajstić information content (AvgIpc) is 3.23. The molecule has 0 radical (unpaired) electrons. The second-order valence-corrected chi connectivity index (χ2v) is 9.04. The molecule has 28 heavy (non-hydrogen) atoms. The van der Waals surface area contributed by atoms with Gasteiger partial charge in [-0.3, -0.25) is 0 Å². The van der Waals surface area contributed by atoms with E-state index in [0.717, 1.165) is 17.2 Å². The zero-order valence-electron chi connectivity index (χ0n) is 15.5. The molecule has 0 aromatic heterocycles. The van der Waals surface area contributed by atoms with Crippen LogP contribution in [0.4, 0.5) is 5.69 Å². The number of anilines is 1. The first kappa shape index (κ1) is 17.9. The van der Waals surface area contributed by atoms with Crippen molar-refractivity contribution in [2.45, 2.75) is 29.0 Å². The van der Waals surface area contributed by atoms with Crippen molar-refractivity contribution >= 4 is 29.1 Å². The number of nitrogens with one attached hydrogen (secondary N) is 1. The van der Waals surface area contributed by atoms with E-state index in [1.54, 1.807) is 0 Å². The van der Waals surface area contributed by atoms with Crippen LogP contribution < -0.4 is 5.32 Å². The number of fused-ring (bicyclic) bond motifs is 3. The first-order valence-electron chi connectivity index (χ1n) is 9.77. The number of allylic oxidation sites excluding steroid dienone is 2. The highest BCUT2D eigenvalue weighted by atomic mass is 35.5. The molecule has 1 aliphatic heterocycles. The molecule has 3 atom stereocenters. The van der Waals surface area contributed by atoms with Crippen LogP contribution in [0.2, 0.25) is 5.02 Å². The molecule has 140 valence electrons. The summed E-state index contributed by atoms with van der Waals surface area (Å²) >= 11 is 8.00. The van der Waals surface area contributed by atoms with Crippen molar-refractivity contribution in [1.29, 1.82) is 0 Å². The highest BCUT2D eigenvalue weighted by Gasteiger charge is 2.37. The molecule has 0 fully saturated rings. The second kappa shape index (κ2) is 7.69. The van der Waals surface area contributed by atoms with Crippen LogP contribution in [0.5, 0.6) is 0 Å². The molecule has 2 aliphatic rings. The predicted molar refractivity (Wildman–Crippen MR) is 120 cm³/mol. The Hall–Kier alpha value is -2.16. The standard InChI is InChI=1S/C25H22ClNS/c26-19-12-10-18(11-13-19)25-22-8-4-7-21(22)23-15-17(9-14-24(23)27-25)16-28-20-5-2-1-3-6-20/h1-7,9-15,21-22,25,27H,8,16H2/t21-,22-,25+/m1/s1. The molecule has 1 aliphatic carbocycles. The van der Waals surface area contributed by atoms with Gasteiger partial charge in [-0.25, -0.2) is 0 Å². The minimum atomic E-state index is 0.328. The fraction of sp³-hybridized carbons (Fsp3) is 0.200. The number of halogens is 1. The van der Waals surface area contributed by atoms with E-state index in [1.807, 2.05) is 23.9 Å². The quantitative estimate of drug-likeness (QED) is 0.358. The lowest BCUT2D eigenvalue weighted by molar-refractivity contribution is 0.425. The lowest BCUT2D eigenvalue weighted by atomic mass is 9.77. The minimum absolute atomic E-state index is 0.328. The molecule has 0 bridgehead atoms. The summed E-state index contributed by atoms with van der Waals surface area (Å²) in [5.74, 6) is 2.04. The van der Waals surface area contributed by atoms with Crippen LogP contribution in [0.3, 0.4) is 0 Å². The van der Waals surface area contributed by atoms with Gasteiger partial charge in [0.05, 0.1) is 6.04 Å². The number of hydrogen-bond donors (Lipinski definition) is 1. The van der Waals surface area contributed by atoms with E-state index in [4.69, 9.17) is 11.6 Å². The molecule has 0 saturated heterocycles. The van der Waals surface area contributed by atoms with Crippen molar-refractivity contribution in [3.8, 4) is 0 Å². The highest BCUT2D eigenvalue weighted by molar-refractivity contribution is 7.98. The molecule has 0 spiro atoms. The maximum atomic E-state index is 6.10. The third kappa shape index (κ3) is 3.47. The predicted octanol–water partition coefficient (Wildman–Crippen LogP) is 7.46. The van der Waals surface area contributed by atoms with E-state index in [1.165, 1.54) is 27.3 Å². The summed E-state index contributed by atoms with van der Waals surface area (Å²) in [4.78, 5) is 1.32. The Morgan fingerprint density at radius 2 is 1.79 bits per heavy atom. The Balaban J connectivity index is 1.41. The zero-order chi connectivity index (χ0) is 18.9. The van der Waals surface area contributed by atoms with Crippen LogP contribution in [-0.4, -0.2) is 0 Å². The number of benzene rings is 3. The summed E-state index contributed by atoms with van der Waals surface area (Å²) in [5, 5.41) is 4.61. The van der Waals surface area contributed by atoms with E-state index in [-0.39, 0.29) is 0 Å². The van der Waals surface area contributed by atoms with E-state index in [9.17, 15) is 0 Å². The van der Waals surface area contributed by atoms with Gasteiger partial charge in [-0.05, 0) is 59.4 Å². The van der Waals surface area contributed by atoms with Gasteiger partial charge in [-0.2, -0.15) is 0 Å². The highest BCUT2D eigenvalue weighted by Crippen LogP contribution is 2.50. The maximum absolute atomic E-state index is 6.10. The van der Waals surface area contributed by atoms with Gasteiger partial charge in [0.2, 0.25) is 0 Å². The SMILES string of the molecule is Clc1ccc([C@@H]2Nc3ccc(CSc4ccccc4)cc3[C@@H]3C=CC[C@H]32)cc1. The fourth-order valence-electron chi connectivity index (χ4n) is 4.42. The summed E-state index contributed by atoms with van der Waals surface area (Å²) < 4.78 is 0. The van der Waals surface area contributed by atoms with E-state index in [0.29, 0.717) is 17.9 Å². The average molecular weight is 404 g/mol. The van der Waals surface area contributed by atoms with Crippen molar-refractivity contribution < 1.29 is 0 Å². The lowest BCUT2D eigenvalue weighted by Crippen LogP contribution is -2.29. The molecule has 3 heteroatoms. The van der Waals surface area contributed by atoms with Gasteiger partial charge in [0.25, 0.3) is 0 Å². The van der Waals surface area contributed by atoms with Crippen LogP contribution in [0.15, 0.2) is 89.8 Å². The third-order valence-electron chi connectivity index (χ3n) is 5.81. The molecule has 0 amide bonds. The normalized spacial score (nSPS) is 22.4. The summed E-state index contributed by atoms with van der Waals surface area (Å²) in [6.07, 6.45) is 5.87. The first-order valence-corrected chi connectivity index (χ1v) is 11.1. The second-order valence-electron chi connectivity index (χ2n) is 7.55. The molecule has 1 heterocycles. The molecule has 1 nitrogen and oxygen atoms in total. The topological polar surface area (TPSA) is 12.0 Å². The zero-order valence-corrected chi connectivity index (χ0v) is 17.1. The molecule has 5 rings (SSSR count). The van der Waals surface area contributed by atoms with E-state index in [2.05, 4.69) is 78.1 Å². The molecular formula is C25H22ClNS. The van der Waals surface area contributed by atoms with Gasteiger partial charge in [0.15, 0.2) is 0 Å². The largest absolute Gasteiger partial charge is 0.378 e. The Kier molecular flexibility index (Phi) is 4.92. The van der Waals surface area contributed by atoms with Gasteiger partial charge in [-0.1, -0.05) is 66.2 Å². The lowest BCUT2D eigenvalue weighted by Gasteiger charge is -2.37. The molecular weight excluding hydrogens is 382 g/mol. The molecule has 0 saturated carbocycles. The molecule has 3 aromatic rings. The summed E-state index contributed by atoms with van der Waals surface area (Å²) in [5.41, 5.74) is 5.41. The Labute approximate surface area is 175 Å². The summed E-state index contributed by atoms with van der Waals surface area (Å²) in [6.45, 7) is 0. The molecule has 1 N–H and O–H groups in total. The van der Waals surface area contributed by atoms with Crippen molar-refractivity contribution in [3.63, 3.8) is 0 Å². The Morgan fingerprint density at radius 1 is 0.964 bits per heavy atom. The summed E-state index contributed by atoms with van der Waals surface area (Å²) in [6, 6.07) is 26.2. The van der Waals surface area contributed by atoms with Crippen molar-refractivity contribution in [3.05, 3.63) is 107 Å². The third-order valence-corrected chi connectivity index (χ3v) is 7.14. The molecule has 0 unspecified atom stereocenters. The van der Waals surface area contributed by atoms with Crippen LogP contribution in [-0.2, 0) is 5.75 Å². The van der Waals surface area contributed by atoms with Gasteiger partial charge < -0.3 is 5.32 Å². The Morgan fingerprint density at radius 3 is 2.61 bits per heavy atom. The first-order chi connectivity index (χ1) is 13.8. The Bertz CT molecular complexity index is 997. The number of hydrogen-bond acceptors (Lipinski definition) is 2. The molecule has 3 aromatic carbocycles. The maximum Gasteiger partial charge on any atom is 0.0553 e. The van der Waals surface area contributed by atoms with Gasteiger partial charge in [0.1, 0.15) is 0 Å². The summed E-state index contributed by atoms with van der Waals surface area (Å²) in [7, 11) is 0. The number of rotatable bonds is 4.